The van der Waals surface area contributed by atoms with Gasteiger partial charge in [0.2, 0.25) is 0 Å². The summed E-state index contributed by atoms with van der Waals surface area (Å²) in [4.78, 5) is 2.15. The van der Waals surface area contributed by atoms with Gasteiger partial charge in [-0.3, -0.25) is 0 Å². The summed E-state index contributed by atoms with van der Waals surface area (Å²) >= 11 is 0. The number of methoxy groups -OCH3 is 1. The Morgan fingerprint density at radius 1 is 1.56 bits per heavy atom. The molecule has 0 amide bonds. The van der Waals surface area contributed by atoms with E-state index >= 15 is 0 Å². The van der Waals surface area contributed by atoms with Crippen molar-refractivity contribution < 1.29 is 14.6 Å². The Morgan fingerprint density at radius 2 is 2.39 bits per heavy atom. The van der Waals surface area contributed by atoms with Gasteiger partial charge in [0.15, 0.2) is 0 Å². The molecule has 0 aliphatic carbocycles. The molecule has 1 fully saturated rings. The van der Waals surface area contributed by atoms with Crippen LogP contribution in [-0.4, -0.2) is 44.6 Å². The summed E-state index contributed by atoms with van der Waals surface area (Å²) in [5.41, 5.74) is 7.85. The highest BCUT2D eigenvalue weighted by molar-refractivity contribution is 5.58. The van der Waals surface area contributed by atoms with Gasteiger partial charge in [-0.2, -0.15) is 0 Å². The monoisotopic (exact) mass is 252 g/mol. The Balaban J connectivity index is 2.34. The van der Waals surface area contributed by atoms with E-state index in [2.05, 4.69) is 4.90 Å². The van der Waals surface area contributed by atoms with Crippen LogP contribution in [0.25, 0.3) is 0 Å². The molecule has 5 heteroatoms. The van der Waals surface area contributed by atoms with Gasteiger partial charge in [0.1, 0.15) is 5.75 Å². The van der Waals surface area contributed by atoms with Crippen LogP contribution in [-0.2, 0) is 11.3 Å². The Kier molecular flexibility index (Phi) is 4.41. The van der Waals surface area contributed by atoms with Gasteiger partial charge < -0.3 is 25.2 Å². The van der Waals surface area contributed by atoms with Crippen LogP contribution in [0.1, 0.15) is 5.56 Å². The number of aliphatic hydroxyl groups excluding tert-OH is 1. The van der Waals surface area contributed by atoms with E-state index in [-0.39, 0.29) is 12.6 Å². The predicted molar refractivity (Wildman–Crippen MR) is 69.9 cm³/mol. The molecule has 0 spiro atoms. The highest BCUT2D eigenvalue weighted by Crippen LogP contribution is 2.28. The van der Waals surface area contributed by atoms with Crippen LogP contribution in [0, 0.1) is 0 Å². The van der Waals surface area contributed by atoms with Crippen molar-refractivity contribution in [1.82, 2.24) is 0 Å². The number of nitrogens with two attached hydrogens (primary N) is 1. The molecule has 5 nitrogen and oxygen atoms in total. The van der Waals surface area contributed by atoms with Crippen molar-refractivity contribution in [3.05, 3.63) is 23.8 Å². The second-order valence-electron chi connectivity index (χ2n) is 4.30. The smallest absolute Gasteiger partial charge is 0.120 e. The largest absolute Gasteiger partial charge is 0.497 e. The fourth-order valence-corrected chi connectivity index (χ4v) is 2.23. The van der Waals surface area contributed by atoms with Crippen molar-refractivity contribution in [2.24, 2.45) is 5.73 Å². The summed E-state index contributed by atoms with van der Waals surface area (Å²) in [6.45, 7) is 2.50. The van der Waals surface area contributed by atoms with Gasteiger partial charge in [0, 0.05) is 24.8 Å². The second-order valence-corrected chi connectivity index (χ2v) is 4.30. The van der Waals surface area contributed by atoms with E-state index in [1.54, 1.807) is 7.11 Å². The Bertz CT molecular complexity index is 398. The van der Waals surface area contributed by atoms with Crippen molar-refractivity contribution in [3.8, 4) is 5.75 Å². The molecule has 2 rings (SSSR count). The zero-order valence-electron chi connectivity index (χ0n) is 10.6. The molecule has 18 heavy (non-hydrogen) atoms. The maximum absolute atomic E-state index is 9.43. The minimum Gasteiger partial charge on any atom is -0.497 e. The molecule has 1 aliphatic heterocycles. The SMILES string of the molecule is COc1ccc(CN)c(N2CCOCC2CO)c1. The number of nitrogens with zero attached hydrogens (tertiary/aromatic N) is 1. The van der Waals surface area contributed by atoms with Gasteiger partial charge in [-0.15, -0.1) is 0 Å². The fourth-order valence-electron chi connectivity index (χ4n) is 2.23. The summed E-state index contributed by atoms with van der Waals surface area (Å²) < 4.78 is 10.6. The van der Waals surface area contributed by atoms with E-state index in [0.29, 0.717) is 19.8 Å². The molecule has 1 aromatic rings. The van der Waals surface area contributed by atoms with E-state index < -0.39 is 0 Å². The van der Waals surface area contributed by atoms with E-state index in [9.17, 15) is 5.11 Å². The van der Waals surface area contributed by atoms with Crippen LogP contribution in [0.5, 0.6) is 5.75 Å². The molecule has 3 N–H and O–H groups in total. The van der Waals surface area contributed by atoms with Crippen molar-refractivity contribution in [1.29, 1.82) is 0 Å². The lowest BCUT2D eigenvalue weighted by Gasteiger charge is -2.37. The lowest BCUT2D eigenvalue weighted by Crippen LogP contribution is -2.48. The maximum atomic E-state index is 9.43. The molecule has 1 unspecified atom stereocenters. The van der Waals surface area contributed by atoms with E-state index in [1.807, 2.05) is 18.2 Å². The topological polar surface area (TPSA) is 68.0 Å². The van der Waals surface area contributed by atoms with Gasteiger partial charge in [-0.05, 0) is 11.6 Å². The van der Waals surface area contributed by atoms with Crippen LogP contribution in [0.4, 0.5) is 5.69 Å². The first-order valence-electron chi connectivity index (χ1n) is 6.12. The number of rotatable bonds is 4. The first kappa shape index (κ1) is 13.1. The maximum Gasteiger partial charge on any atom is 0.120 e. The van der Waals surface area contributed by atoms with Crippen molar-refractivity contribution in [2.75, 3.05) is 38.4 Å². The first-order valence-corrected chi connectivity index (χ1v) is 6.12. The normalized spacial score (nSPS) is 19.9. The van der Waals surface area contributed by atoms with Crippen LogP contribution < -0.4 is 15.4 Å². The Labute approximate surface area is 107 Å². The summed E-state index contributed by atoms with van der Waals surface area (Å²) in [6, 6.07) is 5.82. The molecule has 0 radical (unpaired) electrons. The van der Waals surface area contributed by atoms with Crippen molar-refractivity contribution in [2.45, 2.75) is 12.6 Å². The Hall–Kier alpha value is -1.30. The second kappa shape index (κ2) is 6.04. The van der Waals surface area contributed by atoms with Gasteiger partial charge in [0.05, 0.1) is 33.0 Å². The standard InChI is InChI=1S/C13H20N2O3/c1-17-12-3-2-10(7-14)13(6-12)15-4-5-18-9-11(15)8-16/h2-3,6,11,16H,4-5,7-9,14H2,1H3. The molecular formula is C13H20N2O3. The first-order chi connectivity index (χ1) is 8.80. The highest BCUT2D eigenvalue weighted by atomic mass is 16.5. The molecule has 0 bridgehead atoms. The number of hydrogen-bond donors (Lipinski definition) is 2. The lowest BCUT2D eigenvalue weighted by atomic mass is 10.1. The summed E-state index contributed by atoms with van der Waals surface area (Å²) in [5, 5.41) is 9.43. The molecule has 1 aliphatic rings. The van der Waals surface area contributed by atoms with Crippen molar-refractivity contribution in [3.63, 3.8) is 0 Å². The summed E-state index contributed by atoms with van der Waals surface area (Å²) in [7, 11) is 1.64. The minimum atomic E-state index is -0.0174. The third-order valence-electron chi connectivity index (χ3n) is 3.26. The molecule has 100 valence electrons. The van der Waals surface area contributed by atoms with E-state index in [4.69, 9.17) is 15.2 Å². The van der Waals surface area contributed by atoms with Crippen LogP contribution in [0.3, 0.4) is 0 Å². The quantitative estimate of drug-likeness (QED) is 0.809. The number of ether oxygens (including phenoxy) is 2. The molecule has 1 saturated heterocycles. The fraction of sp³-hybridized carbons (Fsp3) is 0.538. The molecular weight excluding hydrogens is 232 g/mol. The summed E-state index contributed by atoms with van der Waals surface area (Å²) in [5.74, 6) is 0.797. The van der Waals surface area contributed by atoms with Gasteiger partial charge in [-0.1, -0.05) is 6.07 Å². The summed E-state index contributed by atoms with van der Waals surface area (Å²) in [6.07, 6.45) is 0. The average Bonchev–Trinajstić information content (AvgIpc) is 2.46. The van der Waals surface area contributed by atoms with E-state index in [1.165, 1.54) is 0 Å². The van der Waals surface area contributed by atoms with E-state index in [0.717, 1.165) is 23.5 Å². The average molecular weight is 252 g/mol. The highest BCUT2D eigenvalue weighted by Gasteiger charge is 2.24. The number of aliphatic hydroxyl groups is 1. The third kappa shape index (κ3) is 2.58. The van der Waals surface area contributed by atoms with Crippen LogP contribution in [0.15, 0.2) is 18.2 Å². The number of hydrogen-bond acceptors (Lipinski definition) is 5. The van der Waals surface area contributed by atoms with Crippen LogP contribution in [0.2, 0.25) is 0 Å². The minimum absolute atomic E-state index is 0.0174. The van der Waals surface area contributed by atoms with Gasteiger partial charge >= 0.3 is 0 Å². The number of benzene rings is 1. The van der Waals surface area contributed by atoms with Gasteiger partial charge in [-0.25, -0.2) is 0 Å². The molecule has 1 atom stereocenters. The molecule has 1 heterocycles. The number of anilines is 1. The lowest BCUT2D eigenvalue weighted by molar-refractivity contribution is 0.0726. The number of morpholine rings is 1. The van der Waals surface area contributed by atoms with Crippen LogP contribution >= 0.6 is 0 Å². The Morgan fingerprint density at radius 3 is 3.06 bits per heavy atom. The molecule has 0 aromatic heterocycles. The van der Waals surface area contributed by atoms with Gasteiger partial charge in [0.25, 0.3) is 0 Å². The predicted octanol–water partition coefficient (Wildman–Crippen LogP) is 0.351. The zero-order valence-corrected chi connectivity index (χ0v) is 10.6. The molecule has 0 saturated carbocycles. The zero-order chi connectivity index (χ0) is 13.0. The van der Waals surface area contributed by atoms with Crippen molar-refractivity contribution >= 4 is 5.69 Å². The molecule has 1 aromatic carbocycles. The third-order valence-corrected chi connectivity index (χ3v) is 3.26.